The van der Waals surface area contributed by atoms with E-state index in [0.717, 1.165) is 37.4 Å². The van der Waals surface area contributed by atoms with E-state index in [1.807, 2.05) is 17.9 Å². The minimum atomic E-state index is 0.223. The number of hydrogen-bond acceptors (Lipinski definition) is 1. The predicted molar refractivity (Wildman–Crippen MR) is 75.3 cm³/mol. The second-order valence-corrected chi connectivity index (χ2v) is 5.63. The quantitative estimate of drug-likeness (QED) is 0.550. The number of likely N-dealkylation sites (tertiary alicyclic amines) is 1. The highest BCUT2D eigenvalue weighted by molar-refractivity contribution is 5.93. The van der Waals surface area contributed by atoms with Crippen LogP contribution < -0.4 is 0 Å². The van der Waals surface area contributed by atoms with Gasteiger partial charge in [0.25, 0.3) is 0 Å². The van der Waals surface area contributed by atoms with Crippen molar-refractivity contribution in [3.8, 4) is 0 Å². The molecule has 0 atom stereocenters. The van der Waals surface area contributed by atoms with Crippen molar-refractivity contribution in [2.75, 3.05) is 13.1 Å². The van der Waals surface area contributed by atoms with Gasteiger partial charge in [-0.3, -0.25) is 4.79 Å². The van der Waals surface area contributed by atoms with Crippen LogP contribution in [0.2, 0.25) is 0 Å². The van der Waals surface area contributed by atoms with Crippen molar-refractivity contribution >= 4 is 5.91 Å². The van der Waals surface area contributed by atoms with Crippen molar-refractivity contribution < 1.29 is 4.79 Å². The van der Waals surface area contributed by atoms with E-state index in [-0.39, 0.29) is 5.91 Å². The molecule has 0 aromatic rings. The van der Waals surface area contributed by atoms with Gasteiger partial charge in [0.2, 0.25) is 5.91 Å². The van der Waals surface area contributed by atoms with E-state index in [0.29, 0.717) is 0 Å². The van der Waals surface area contributed by atoms with E-state index in [4.69, 9.17) is 0 Å². The third-order valence-corrected chi connectivity index (χ3v) is 4.11. The summed E-state index contributed by atoms with van der Waals surface area (Å²) in [4.78, 5) is 14.0. The maximum absolute atomic E-state index is 12.1. The van der Waals surface area contributed by atoms with Crippen molar-refractivity contribution in [2.24, 2.45) is 5.92 Å². The third-order valence-electron chi connectivity index (χ3n) is 4.11. The molecule has 1 aliphatic carbocycles. The minimum Gasteiger partial charge on any atom is -0.339 e. The molecule has 2 heteroatoms. The van der Waals surface area contributed by atoms with Gasteiger partial charge in [-0.05, 0) is 38.5 Å². The molecule has 1 amide bonds. The van der Waals surface area contributed by atoms with Crippen molar-refractivity contribution in [3.05, 3.63) is 23.8 Å². The second-order valence-electron chi connectivity index (χ2n) is 5.63. The Labute approximate surface area is 111 Å². The lowest BCUT2D eigenvalue weighted by atomic mass is 9.89. The van der Waals surface area contributed by atoms with Crippen LogP contribution >= 0.6 is 0 Å². The van der Waals surface area contributed by atoms with Gasteiger partial charge >= 0.3 is 0 Å². The van der Waals surface area contributed by atoms with E-state index in [1.54, 1.807) is 0 Å². The molecule has 0 radical (unpaired) electrons. The zero-order valence-corrected chi connectivity index (χ0v) is 11.5. The van der Waals surface area contributed by atoms with Crippen LogP contribution in [0.25, 0.3) is 0 Å². The van der Waals surface area contributed by atoms with Gasteiger partial charge in [-0.25, -0.2) is 0 Å². The van der Waals surface area contributed by atoms with E-state index < -0.39 is 0 Å². The molecule has 2 nitrogen and oxygen atoms in total. The van der Waals surface area contributed by atoms with Gasteiger partial charge < -0.3 is 4.90 Å². The third kappa shape index (κ3) is 3.72. The molecule has 1 saturated heterocycles. The van der Waals surface area contributed by atoms with Gasteiger partial charge in [0.15, 0.2) is 0 Å². The average molecular weight is 247 g/mol. The lowest BCUT2D eigenvalue weighted by Gasteiger charge is -2.17. The Balaban J connectivity index is 1.83. The van der Waals surface area contributed by atoms with Gasteiger partial charge in [-0.1, -0.05) is 37.5 Å². The van der Waals surface area contributed by atoms with Gasteiger partial charge in [0.1, 0.15) is 0 Å². The molecular formula is C16H25NO. The summed E-state index contributed by atoms with van der Waals surface area (Å²) in [6.45, 7) is 3.82. The topological polar surface area (TPSA) is 20.3 Å². The number of allylic oxidation sites excluding steroid dienone is 3. The first kappa shape index (κ1) is 13.4. The predicted octanol–water partition coefficient (Wildman–Crippen LogP) is 3.69. The monoisotopic (exact) mass is 247 g/mol. The molecule has 2 aliphatic rings. The highest BCUT2D eigenvalue weighted by atomic mass is 16.2. The van der Waals surface area contributed by atoms with E-state index in [2.05, 4.69) is 12.2 Å². The van der Waals surface area contributed by atoms with Gasteiger partial charge in [-0.15, -0.1) is 0 Å². The molecule has 18 heavy (non-hydrogen) atoms. The van der Waals surface area contributed by atoms with Crippen LogP contribution in [-0.4, -0.2) is 23.9 Å². The SMILES string of the molecule is C/C(=C/C=C/C1CCCCC1)C(=O)N1CCCC1. The van der Waals surface area contributed by atoms with E-state index >= 15 is 0 Å². The Morgan fingerprint density at radius 2 is 1.72 bits per heavy atom. The summed E-state index contributed by atoms with van der Waals surface area (Å²) in [5.74, 6) is 0.963. The van der Waals surface area contributed by atoms with Crippen LogP contribution in [0.4, 0.5) is 0 Å². The van der Waals surface area contributed by atoms with Gasteiger partial charge in [0.05, 0.1) is 0 Å². The summed E-state index contributed by atoms with van der Waals surface area (Å²) >= 11 is 0. The minimum absolute atomic E-state index is 0.223. The van der Waals surface area contributed by atoms with Crippen molar-refractivity contribution in [1.29, 1.82) is 0 Å². The number of carbonyl (C=O) groups excluding carboxylic acids is 1. The number of amides is 1. The first-order chi connectivity index (χ1) is 8.77. The smallest absolute Gasteiger partial charge is 0.249 e. The number of rotatable bonds is 3. The van der Waals surface area contributed by atoms with E-state index in [1.165, 1.54) is 32.1 Å². The Morgan fingerprint density at radius 1 is 1.06 bits per heavy atom. The number of carbonyl (C=O) groups is 1. The molecule has 100 valence electrons. The zero-order valence-electron chi connectivity index (χ0n) is 11.5. The summed E-state index contributed by atoms with van der Waals surface area (Å²) in [6, 6.07) is 0. The fourth-order valence-electron chi connectivity index (χ4n) is 2.92. The maximum atomic E-state index is 12.1. The first-order valence-corrected chi connectivity index (χ1v) is 7.42. The van der Waals surface area contributed by atoms with Crippen molar-refractivity contribution in [1.82, 2.24) is 4.90 Å². The summed E-state index contributed by atoms with van der Waals surface area (Å²) in [5, 5.41) is 0. The molecule has 1 saturated carbocycles. The van der Waals surface area contributed by atoms with Crippen molar-refractivity contribution in [3.63, 3.8) is 0 Å². The highest BCUT2D eigenvalue weighted by Crippen LogP contribution is 2.24. The fraction of sp³-hybridized carbons (Fsp3) is 0.688. The molecule has 1 heterocycles. The average Bonchev–Trinajstić information content (AvgIpc) is 2.93. The van der Waals surface area contributed by atoms with E-state index in [9.17, 15) is 4.79 Å². The molecule has 2 rings (SSSR count). The summed E-state index contributed by atoms with van der Waals surface area (Å²) in [7, 11) is 0. The van der Waals surface area contributed by atoms with Crippen LogP contribution in [0.15, 0.2) is 23.8 Å². The molecule has 2 fully saturated rings. The molecule has 1 aliphatic heterocycles. The van der Waals surface area contributed by atoms with Gasteiger partial charge in [-0.2, -0.15) is 0 Å². The fourth-order valence-corrected chi connectivity index (χ4v) is 2.92. The number of nitrogens with zero attached hydrogens (tertiary/aromatic N) is 1. The standard InChI is InChI=1S/C16H25NO/c1-14(16(18)17-12-5-6-13-17)8-7-11-15-9-3-2-4-10-15/h7-8,11,15H,2-6,9-10,12-13H2,1H3/b11-7+,14-8-. The largest absolute Gasteiger partial charge is 0.339 e. The first-order valence-electron chi connectivity index (χ1n) is 7.42. The summed E-state index contributed by atoms with van der Waals surface area (Å²) in [6.07, 6.45) is 15.5. The van der Waals surface area contributed by atoms with Crippen molar-refractivity contribution in [2.45, 2.75) is 51.9 Å². The molecule has 0 aromatic heterocycles. The molecule has 0 unspecified atom stereocenters. The molecule has 0 aromatic carbocycles. The molecular weight excluding hydrogens is 222 g/mol. The van der Waals surface area contributed by atoms with Crippen LogP contribution in [-0.2, 0) is 4.79 Å². The number of hydrogen-bond donors (Lipinski definition) is 0. The Morgan fingerprint density at radius 3 is 2.39 bits per heavy atom. The van der Waals surface area contributed by atoms with Gasteiger partial charge in [0, 0.05) is 18.7 Å². The molecule has 0 bridgehead atoms. The summed E-state index contributed by atoms with van der Waals surface area (Å²) in [5.41, 5.74) is 0.879. The summed E-state index contributed by atoms with van der Waals surface area (Å²) < 4.78 is 0. The zero-order chi connectivity index (χ0) is 12.8. The Kier molecular flexibility index (Phi) is 5.03. The van der Waals surface area contributed by atoms with Crippen LogP contribution in [0.3, 0.4) is 0 Å². The van der Waals surface area contributed by atoms with Crippen LogP contribution in [0.5, 0.6) is 0 Å². The van der Waals surface area contributed by atoms with Crippen LogP contribution in [0, 0.1) is 5.92 Å². The lowest BCUT2D eigenvalue weighted by Crippen LogP contribution is -2.28. The normalized spacial score (nSPS) is 22.9. The maximum Gasteiger partial charge on any atom is 0.249 e. The Bertz CT molecular complexity index is 331. The Hall–Kier alpha value is -1.05. The van der Waals surface area contributed by atoms with Crippen LogP contribution in [0.1, 0.15) is 51.9 Å². The molecule has 0 N–H and O–H groups in total. The lowest BCUT2D eigenvalue weighted by molar-refractivity contribution is -0.126. The molecule has 0 spiro atoms. The highest BCUT2D eigenvalue weighted by Gasteiger charge is 2.18. The second kappa shape index (κ2) is 6.77.